The summed E-state index contributed by atoms with van der Waals surface area (Å²) in [7, 11) is 0. The molecule has 2 N–H and O–H groups in total. The molecule has 0 fully saturated rings. The number of urea groups is 1. The third kappa shape index (κ3) is 3.98. The lowest BCUT2D eigenvalue weighted by atomic mass is 10.2. The van der Waals surface area contributed by atoms with Gasteiger partial charge < -0.3 is 15.4 Å². The zero-order chi connectivity index (χ0) is 16.8. The molecular formula is C18H16FN3O2. The number of rotatable bonds is 5. The quantitative estimate of drug-likeness (QED) is 0.705. The average Bonchev–Trinajstić information content (AvgIpc) is 2.61. The summed E-state index contributed by atoms with van der Waals surface area (Å²) in [6.45, 7) is 0.642. The number of pyridine rings is 1. The molecule has 1 heterocycles. The number of benzene rings is 2. The van der Waals surface area contributed by atoms with Gasteiger partial charge in [-0.05, 0) is 36.4 Å². The lowest BCUT2D eigenvalue weighted by molar-refractivity contribution is 0.247. The molecular weight excluding hydrogens is 309 g/mol. The molecule has 0 saturated carbocycles. The number of nitrogens with zero attached hydrogens (tertiary/aromatic N) is 1. The van der Waals surface area contributed by atoms with Gasteiger partial charge in [-0.2, -0.15) is 0 Å². The Bertz CT molecular complexity index is 832. The lowest BCUT2D eigenvalue weighted by Crippen LogP contribution is -2.32. The highest BCUT2D eigenvalue weighted by atomic mass is 19.1. The number of fused-ring (bicyclic) bond motifs is 1. The van der Waals surface area contributed by atoms with Gasteiger partial charge in [-0.1, -0.05) is 18.2 Å². The largest absolute Gasteiger partial charge is 0.489 e. The molecule has 2 amide bonds. The van der Waals surface area contributed by atoms with Crippen LogP contribution in [0.25, 0.3) is 10.9 Å². The zero-order valence-corrected chi connectivity index (χ0v) is 12.8. The van der Waals surface area contributed by atoms with Crippen LogP contribution < -0.4 is 15.4 Å². The highest BCUT2D eigenvalue weighted by Gasteiger charge is 2.04. The number of amides is 2. The smallest absolute Gasteiger partial charge is 0.319 e. The van der Waals surface area contributed by atoms with Gasteiger partial charge in [-0.15, -0.1) is 0 Å². The van der Waals surface area contributed by atoms with Gasteiger partial charge in [-0.25, -0.2) is 9.18 Å². The van der Waals surface area contributed by atoms with Gasteiger partial charge >= 0.3 is 6.03 Å². The van der Waals surface area contributed by atoms with E-state index in [1.54, 1.807) is 6.20 Å². The normalized spacial score (nSPS) is 10.4. The molecule has 0 radical (unpaired) electrons. The molecule has 3 aromatic rings. The minimum absolute atomic E-state index is 0.312. The molecule has 3 rings (SSSR count). The van der Waals surface area contributed by atoms with Gasteiger partial charge in [0.05, 0.1) is 6.54 Å². The molecule has 2 aromatic carbocycles. The highest BCUT2D eigenvalue weighted by Crippen LogP contribution is 2.22. The van der Waals surface area contributed by atoms with Crippen molar-refractivity contribution in [3.63, 3.8) is 0 Å². The van der Waals surface area contributed by atoms with Crippen LogP contribution in [-0.4, -0.2) is 24.2 Å². The molecule has 0 saturated heterocycles. The van der Waals surface area contributed by atoms with E-state index in [-0.39, 0.29) is 11.8 Å². The van der Waals surface area contributed by atoms with E-state index in [2.05, 4.69) is 15.6 Å². The topological polar surface area (TPSA) is 63.2 Å². The molecule has 5 nitrogen and oxygen atoms in total. The number of hydrogen-bond acceptors (Lipinski definition) is 3. The Morgan fingerprint density at radius 3 is 2.71 bits per heavy atom. The summed E-state index contributed by atoms with van der Waals surface area (Å²) in [6, 6.07) is 14.7. The van der Waals surface area contributed by atoms with E-state index in [1.165, 1.54) is 24.3 Å². The molecule has 0 spiro atoms. The summed E-state index contributed by atoms with van der Waals surface area (Å²) in [6.07, 6.45) is 1.71. The van der Waals surface area contributed by atoms with Gasteiger partial charge in [0.2, 0.25) is 0 Å². The summed E-state index contributed by atoms with van der Waals surface area (Å²) in [5.41, 5.74) is 1.31. The molecule has 0 aliphatic carbocycles. The van der Waals surface area contributed by atoms with Crippen LogP contribution in [0.2, 0.25) is 0 Å². The molecule has 0 aliphatic heterocycles. The van der Waals surface area contributed by atoms with E-state index in [4.69, 9.17) is 4.74 Å². The molecule has 1 aromatic heterocycles. The molecule has 24 heavy (non-hydrogen) atoms. The number of anilines is 1. The first-order chi connectivity index (χ1) is 11.7. The average molecular weight is 325 g/mol. The van der Waals surface area contributed by atoms with E-state index in [9.17, 15) is 9.18 Å². The first kappa shape index (κ1) is 15.7. The van der Waals surface area contributed by atoms with E-state index in [0.29, 0.717) is 24.6 Å². The summed E-state index contributed by atoms with van der Waals surface area (Å²) in [5.74, 6) is 0.326. The minimum Gasteiger partial charge on any atom is -0.489 e. The molecule has 122 valence electrons. The second kappa shape index (κ2) is 7.41. The van der Waals surface area contributed by atoms with Gasteiger partial charge in [-0.3, -0.25) is 4.98 Å². The Balaban J connectivity index is 1.48. The van der Waals surface area contributed by atoms with Gasteiger partial charge in [0.25, 0.3) is 0 Å². The van der Waals surface area contributed by atoms with Crippen molar-refractivity contribution in [1.29, 1.82) is 0 Å². The first-order valence-corrected chi connectivity index (χ1v) is 7.49. The number of aromatic nitrogens is 1. The van der Waals surface area contributed by atoms with Crippen molar-refractivity contribution in [2.24, 2.45) is 0 Å². The minimum atomic E-state index is -0.374. The summed E-state index contributed by atoms with van der Waals surface area (Å²) in [5, 5.41) is 6.28. The fraction of sp³-hybridized carbons (Fsp3) is 0.111. The standard InChI is InChI=1S/C18H16FN3O2/c19-14-6-8-15(9-7-14)22-18(23)21-11-12-24-16-5-1-3-13-4-2-10-20-17(13)16/h1-10H,11-12H2,(H2,21,22,23). The number of carbonyl (C=O) groups is 1. The second-order valence-electron chi connectivity index (χ2n) is 5.07. The van der Waals surface area contributed by atoms with Crippen molar-refractivity contribution in [2.75, 3.05) is 18.5 Å². The number of ether oxygens (including phenoxy) is 1. The van der Waals surface area contributed by atoms with Crippen LogP contribution >= 0.6 is 0 Å². The fourth-order valence-electron chi connectivity index (χ4n) is 2.23. The van der Waals surface area contributed by atoms with Crippen molar-refractivity contribution in [3.05, 3.63) is 66.6 Å². The van der Waals surface area contributed by atoms with Gasteiger partial charge in [0.1, 0.15) is 23.7 Å². The molecule has 0 atom stereocenters. The summed E-state index contributed by atoms with van der Waals surface area (Å²) in [4.78, 5) is 16.0. The van der Waals surface area contributed by atoms with E-state index in [1.807, 2.05) is 30.3 Å². The van der Waals surface area contributed by atoms with E-state index < -0.39 is 0 Å². The fourth-order valence-corrected chi connectivity index (χ4v) is 2.23. The Kier molecular flexibility index (Phi) is 4.86. The SMILES string of the molecule is O=C(NCCOc1cccc2cccnc12)Nc1ccc(F)cc1. The van der Waals surface area contributed by atoms with Crippen LogP contribution in [-0.2, 0) is 0 Å². The Labute approximate surface area is 138 Å². The van der Waals surface area contributed by atoms with Crippen molar-refractivity contribution < 1.29 is 13.9 Å². The maximum absolute atomic E-state index is 12.8. The number of hydrogen-bond donors (Lipinski definition) is 2. The number of carbonyl (C=O) groups excluding carboxylic acids is 1. The predicted molar refractivity (Wildman–Crippen MR) is 90.7 cm³/mol. The number of para-hydroxylation sites is 1. The molecule has 0 bridgehead atoms. The van der Waals surface area contributed by atoms with E-state index in [0.717, 1.165) is 10.9 Å². The van der Waals surface area contributed by atoms with Crippen LogP contribution in [0.15, 0.2) is 60.8 Å². The van der Waals surface area contributed by atoms with Crippen LogP contribution in [0.4, 0.5) is 14.9 Å². The molecule has 0 aliphatic rings. The monoisotopic (exact) mass is 325 g/mol. The highest BCUT2D eigenvalue weighted by molar-refractivity contribution is 5.89. The maximum Gasteiger partial charge on any atom is 0.319 e. The first-order valence-electron chi connectivity index (χ1n) is 7.49. The lowest BCUT2D eigenvalue weighted by Gasteiger charge is -2.10. The third-order valence-electron chi connectivity index (χ3n) is 3.34. The van der Waals surface area contributed by atoms with Gasteiger partial charge in [0.15, 0.2) is 0 Å². The van der Waals surface area contributed by atoms with Gasteiger partial charge in [0, 0.05) is 17.3 Å². The van der Waals surface area contributed by atoms with Crippen LogP contribution in [0.1, 0.15) is 0 Å². The van der Waals surface area contributed by atoms with Crippen LogP contribution in [0.3, 0.4) is 0 Å². The van der Waals surface area contributed by atoms with Crippen LogP contribution in [0, 0.1) is 5.82 Å². The second-order valence-corrected chi connectivity index (χ2v) is 5.07. The third-order valence-corrected chi connectivity index (χ3v) is 3.34. The predicted octanol–water partition coefficient (Wildman–Crippen LogP) is 3.57. The Morgan fingerprint density at radius 1 is 1.08 bits per heavy atom. The summed E-state index contributed by atoms with van der Waals surface area (Å²) >= 11 is 0. The van der Waals surface area contributed by atoms with Crippen molar-refractivity contribution >= 4 is 22.6 Å². The van der Waals surface area contributed by atoms with E-state index >= 15 is 0 Å². The molecule has 6 heteroatoms. The number of halogens is 1. The van der Waals surface area contributed by atoms with Crippen molar-refractivity contribution in [1.82, 2.24) is 10.3 Å². The zero-order valence-electron chi connectivity index (χ0n) is 12.8. The van der Waals surface area contributed by atoms with Crippen LogP contribution in [0.5, 0.6) is 5.75 Å². The number of nitrogens with one attached hydrogen (secondary N) is 2. The Morgan fingerprint density at radius 2 is 1.88 bits per heavy atom. The summed E-state index contributed by atoms with van der Waals surface area (Å²) < 4.78 is 18.5. The van der Waals surface area contributed by atoms with Crippen molar-refractivity contribution in [2.45, 2.75) is 0 Å². The Hall–Kier alpha value is -3.15. The maximum atomic E-state index is 12.8. The molecule has 0 unspecified atom stereocenters. The van der Waals surface area contributed by atoms with Crippen molar-refractivity contribution in [3.8, 4) is 5.75 Å².